The van der Waals surface area contributed by atoms with Crippen LogP contribution in [-0.4, -0.2) is 33.7 Å². The Hall–Kier alpha value is -2.25. The lowest BCUT2D eigenvalue weighted by atomic mass is 10.1. The van der Waals surface area contributed by atoms with Crippen molar-refractivity contribution in [3.05, 3.63) is 58.6 Å². The van der Waals surface area contributed by atoms with Crippen molar-refractivity contribution >= 4 is 38.9 Å². The number of rotatable bonds is 6. The molecule has 0 radical (unpaired) electrons. The maximum Gasteiger partial charge on any atom is 0.253 e. The summed E-state index contributed by atoms with van der Waals surface area (Å²) in [5.41, 5.74) is 2.70. The molecule has 1 saturated heterocycles. The predicted molar refractivity (Wildman–Crippen MR) is 114 cm³/mol. The van der Waals surface area contributed by atoms with Gasteiger partial charge in [0.1, 0.15) is 0 Å². The summed E-state index contributed by atoms with van der Waals surface area (Å²) in [6.45, 7) is 2.54. The Bertz CT molecular complexity index is 940. The van der Waals surface area contributed by atoms with Crippen LogP contribution in [0.4, 0.5) is 11.4 Å². The fourth-order valence-corrected chi connectivity index (χ4v) is 3.99. The van der Waals surface area contributed by atoms with Crippen LogP contribution in [0.5, 0.6) is 0 Å². The molecule has 0 atom stereocenters. The number of amides is 1. The zero-order chi connectivity index (χ0) is 20.1. The molecule has 1 aliphatic rings. The molecular formula is C20H24ClN3O3S. The highest BCUT2D eigenvalue weighted by atomic mass is 35.5. The quantitative estimate of drug-likeness (QED) is 0.746. The molecule has 1 heterocycles. The molecule has 0 saturated carbocycles. The lowest BCUT2D eigenvalue weighted by Crippen LogP contribution is -2.29. The van der Waals surface area contributed by atoms with Gasteiger partial charge in [0.25, 0.3) is 5.91 Å². The Morgan fingerprint density at radius 1 is 1.07 bits per heavy atom. The lowest BCUT2D eigenvalue weighted by molar-refractivity contribution is 0.0951. The molecule has 2 aromatic carbocycles. The molecule has 3 rings (SSSR count). The monoisotopic (exact) mass is 421 g/mol. The first kappa shape index (κ1) is 20.5. The van der Waals surface area contributed by atoms with Crippen LogP contribution >= 0.6 is 11.6 Å². The van der Waals surface area contributed by atoms with Gasteiger partial charge in [-0.3, -0.25) is 9.52 Å². The fraction of sp³-hybridized carbons (Fsp3) is 0.350. The number of halogens is 1. The number of sulfonamides is 1. The lowest BCUT2D eigenvalue weighted by Gasteiger charge is -2.28. The van der Waals surface area contributed by atoms with Crippen LogP contribution in [0.1, 0.15) is 35.2 Å². The molecule has 0 aliphatic carbocycles. The second kappa shape index (κ2) is 8.84. The van der Waals surface area contributed by atoms with Crippen molar-refractivity contribution in [1.82, 2.24) is 5.32 Å². The highest BCUT2D eigenvalue weighted by molar-refractivity contribution is 7.92. The number of hydrogen-bond donors (Lipinski definition) is 2. The van der Waals surface area contributed by atoms with Gasteiger partial charge in [0.05, 0.1) is 16.8 Å². The average molecular weight is 422 g/mol. The zero-order valence-electron chi connectivity index (χ0n) is 15.7. The van der Waals surface area contributed by atoms with E-state index in [0.717, 1.165) is 24.9 Å². The van der Waals surface area contributed by atoms with Gasteiger partial charge in [-0.15, -0.1) is 0 Å². The van der Waals surface area contributed by atoms with Gasteiger partial charge >= 0.3 is 0 Å². The van der Waals surface area contributed by atoms with Crippen molar-refractivity contribution in [3.8, 4) is 0 Å². The molecule has 2 aromatic rings. The van der Waals surface area contributed by atoms with Crippen molar-refractivity contribution in [1.29, 1.82) is 0 Å². The highest BCUT2D eigenvalue weighted by Gasteiger charge is 2.14. The summed E-state index contributed by atoms with van der Waals surface area (Å²) in [6.07, 6.45) is 4.80. The Morgan fingerprint density at radius 2 is 1.75 bits per heavy atom. The van der Waals surface area contributed by atoms with Crippen LogP contribution < -0.4 is 14.9 Å². The molecule has 1 amide bonds. The van der Waals surface area contributed by atoms with Gasteiger partial charge in [0.2, 0.25) is 10.0 Å². The standard InChI is InChI=1S/C20H24ClN3O3S/c1-28(26,27)23-16-7-10-19(21)18(13-16)20(25)22-14-15-5-8-17(9-6-15)24-11-3-2-4-12-24/h5-10,13,23H,2-4,11-12,14H2,1H3,(H,22,25). The van der Waals surface area contributed by atoms with E-state index in [9.17, 15) is 13.2 Å². The Balaban J connectivity index is 1.63. The van der Waals surface area contributed by atoms with Crippen molar-refractivity contribution in [3.63, 3.8) is 0 Å². The van der Waals surface area contributed by atoms with Crippen molar-refractivity contribution in [2.75, 3.05) is 29.0 Å². The fourth-order valence-electron chi connectivity index (χ4n) is 3.23. The van der Waals surface area contributed by atoms with Crippen LogP contribution in [0.2, 0.25) is 5.02 Å². The van der Waals surface area contributed by atoms with Crippen molar-refractivity contribution in [2.24, 2.45) is 0 Å². The van der Waals surface area contributed by atoms with Gasteiger partial charge in [-0.2, -0.15) is 0 Å². The molecular weight excluding hydrogens is 398 g/mol. The average Bonchev–Trinajstić information content (AvgIpc) is 2.67. The number of nitrogens with zero attached hydrogens (tertiary/aromatic N) is 1. The van der Waals surface area contributed by atoms with Crippen molar-refractivity contribution in [2.45, 2.75) is 25.8 Å². The van der Waals surface area contributed by atoms with Gasteiger partial charge in [0.15, 0.2) is 0 Å². The molecule has 0 unspecified atom stereocenters. The molecule has 6 nitrogen and oxygen atoms in total. The molecule has 1 aliphatic heterocycles. The molecule has 1 fully saturated rings. The van der Waals surface area contributed by atoms with Crippen LogP contribution in [0.15, 0.2) is 42.5 Å². The van der Waals surface area contributed by atoms with E-state index in [2.05, 4.69) is 27.1 Å². The van der Waals surface area contributed by atoms with Crippen LogP contribution in [-0.2, 0) is 16.6 Å². The normalized spacial score (nSPS) is 14.6. The Morgan fingerprint density at radius 3 is 2.39 bits per heavy atom. The van der Waals surface area contributed by atoms with Gasteiger partial charge in [-0.25, -0.2) is 8.42 Å². The van der Waals surface area contributed by atoms with Crippen molar-refractivity contribution < 1.29 is 13.2 Å². The summed E-state index contributed by atoms with van der Waals surface area (Å²) in [6, 6.07) is 12.6. The van der Waals surface area contributed by atoms with E-state index < -0.39 is 10.0 Å². The van der Waals surface area contributed by atoms with Crippen LogP contribution in [0, 0.1) is 0 Å². The minimum atomic E-state index is -3.43. The summed E-state index contributed by atoms with van der Waals surface area (Å²) in [5, 5.41) is 3.09. The van der Waals surface area contributed by atoms with E-state index in [0.29, 0.717) is 12.2 Å². The summed E-state index contributed by atoms with van der Waals surface area (Å²) >= 11 is 6.11. The second-order valence-corrected chi connectivity index (χ2v) is 9.12. The summed E-state index contributed by atoms with van der Waals surface area (Å²) in [5.74, 6) is -0.359. The number of benzene rings is 2. The number of piperidine rings is 1. The molecule has 8 heteroatoms. The van der Waals surface area contributed by atoms with E-state index in [1.165, 1.54) is 43.1 Å². The number of hydrogen-bond acceptors (Lipinski definition) is 4. The van der Waals surface area contributed by atoms with Crippen LogP contribution in [0.25, 0.3) is 0 Å². The van der Waals surface area contributed by atoms with Gasteiger partial charge in [-0.1, -0.05) is 23.7 Å². The largest absolute Gasteiger partial charge is 0.372 e. The topological polar surface area (TPSA) is 78.5 Å². The van der Waals surface area contributed by atoms with Crippen LogP contribution in [0.3, 0.4) is 0 Å². The van der Waals surface area contributed by atoms with Gasteiger partial charge < -0.3 is 10.2 Å². The minimum Gasteiger partial charge on any atom is -0.372 e. The van der Waals surface area contributed by atoms with Gasteiger partial charge in [-0.05, 0) is 55.2 Å². The predicted octanol–water partition coefficient (Wildman–Crippen LogP) is 3.63. The molecule has 0 aromatic heterocycles. The number of anilines is 2. The first-order valence-corrected chi connectivity index (χ1v) is 11.5. The minimum absolute atomic E-state index is 0.222. The smallest absolute Gasteiger partial charge is 0.253 e. The Labute approximate surface area is 170 Å². The first-order valence-electron chi connectivity index (χ1n) is 9.21. The molecule has 28 heavy (non-hydrogen) atoms. The third-order valence-corrected chi connectivity index (χ3v) is 5.56. The number of nitrogens with one attached hydrogen (secondary N) is 2. The van der Waals surface area contributed by atoms with E-state index >= 15 is 0 Å². The van der Waals surface area contributed by atoms with E-state index in [1.807, 2.05) is 12.1 Å². The first-order chi connectivity index (χ1) is 13.3. The third kappa shape index (κ3) is 5.62. The molecule has 0 bridgehead atoms. The second-order valence-electron chi connectivity index (χ2n) is 6.97. The molecule has 150 valence electrons. The number of carbonyl (C=O) groups is 1. The Kier molecular flexibility index (Phi) is 6.46. The SMILES string of the molecule is CS(=O)(=O)Nc1ccc(Cl)c(C(=O)NCc2ccc(N3CCCCC3)cc2)c1. The van der Waals surface area contributed by atoms with E-state index in [-0.39, 0.29) is 16.5 Å². The van der Waals surface area contributed by atoms with E-state index in [1.54, 1.807) is 0 Å². The molecule has 0 spiro atoms. The van der Waals surface area contributed by atoms with E-state index in [4.69, 9.17) is 11.6 Å². The maximum atomic E-state index is 12.5. The molecule has 2 N–H and O–H groups in total. The van der Waals surface area contributed by atoms with Gasteiger partial charge in [0, 0.05) is 31.0 Å². The summed E-state index contributed by atoms with van der Waals surface area (Å²) in [7, 11) is -3.43. The zero-order valence-corrected chi connectivity index (χ0v) is 17.3. The maximum absolute atomic E-state index is 12.5. The summed E-state index contributed by atoms with van der Waals surface area (Å²) < 4.78 is 25.1. The summed E-state index contributed by atoms with van der Waals surface area (Å²) in [4.78, 5) is 14.9. The number of carbonyl (C=O) groups excluding carboxylic acids is 1. The highest BCUT2D eigenvalue weighted by Crippen LogP contribution is 2.22. The third-order valence-electron chi connectivity index (χ3n) is 4.62.